The van der Waals surface area contributed by atoms with E-state index in [2.05, 4.69) is 11.8 Å². The first kappa shape index (κ1) is 25.5. The maximum absolute atomic E-state index is 12.5. The summed E-state index contributed by atoms with van der Waals surface area (Å²) in [5.41, 5.74) is 0. The molecule has 1 amide bonds. The van der Waals surface area contributed by atoms with Gasteiger partial charge in [0.15, 0.2) is 0 Å². The predicted octanol–water partition coefficient (Wildman–Crippen LogP) is 7.01. The molecule has 0 spiro atoms. The van der Waals surface area contributed by atoms with Gasteiger partial charge in [0.1, 0.15) is 0 Å². The van der Waals surface area contributed by atoms with Crippen molar-refractivity contribution in [3.8, 4) is 0 Å². The summed E-state index contributed by atoms with van der Waals surface area (Å²) < 4.78 is 0. The molecule has 0 aliphatic carbocycles. The Labute approximate surface area is 175 Å². The van der Waals surface area contributed by atoms with E-state index in [4.69, 9.17) is 0 Å². The molecule has 1 fully saturated rings. The van der Waals surface area contributed by atoms with Gasteiger partial charge in [0.25, 0.3) is 0 Å². The highest BCUT2D eigenvalue weighted by molar-refractivity contribution is 5.76. The zero-order valence-electron chi connectivity index (χ0n) is 18.9. The van der Waals surface area contributed by atoms with Crippen LogP contribution in [0.3, 0.4) is 0 Å². The highest BCUT2D eigenvalue weighted by Crippen LogP contribution is 2.21. The average Bonchev–Trinajstić information content (AvgIpc) is 2.71. The van der Waals surface area contributed by atoms with Crippen molar-refractivity contribution in [2.75, 3.05) is 13.2 Å². The van der Waals surface area contributed by atoms with E-state index in [1.165, 1.54) is 96.3 Å². The van der Waals surface area contributed by atoms with Crippen LogP contribution < -0.4 is 0 Å². The summed E-state index contributed by atoms with van der Waals surface area (Å²) in [4.78, 5) is 14.5. The van der Waals surface area contributed by atoms with Crippen LogP contribution >= 0.6 is 0 Å². The standard InChI is InChI=1S/C25H49NO2/c1-2-3-4-5-6-7-8-9-10-11-12-13-14-15-16-20-25(28)26-22-18-17-19-24(26)21-23-27/h24,27H,2-23H2,1H3. The van der Waals surface area contributed by atoms with Crippen LogP contribution in [0.4, 0.5) is 0 Å². The second-order valence-electron chi connectivity index (χ2n) is 8.95. The Morgan fingerprint density at radius 3 is 1.79 bits per heavy atom. The highest BCUT2D eigenvalue weighted by Gasteiger charge is 2.25. The number of likely N-dealkylation sites (tertiary alicyclic amines) is 1. The summed E-state index contributed by atoms with van der Waals surface area (Å²) in [6.07, 6.45) is 25.3. The quantitative estimate of drug-likeness (QED) is 0.253. The van der Waals surface area contributed by atoms with Crippen LogP contribution in [-0.2, 0) is 4.79 Å². The van der Waals surface area contributed by atoms with Crippen molar-refractivity contribution >= 4 is 5.91 Å². The van der Waals surface area contributed by atoms with Crippen molar-refractivity contribution in [2.45, 2.75) is 141 Å². The molecule has 0 bridgehead atoms. The molecule has 0 radical (unpaired) electrons. The number of aliphatic hydroxyl groups is 1. The fourth-order valence-electron chi connectivity index (χ4n) is 4.57. The number of carbonyl (C=O) groups excluding carboxylic acids is 1. The van der Waals surface area contributed by atoms with Gasteiger partial charge in [-0.3, -0.25) is 4.79 Å². The molecule has 0 aromatic rings. The minimum Gasteiger partial charge on any atom is -0.396 e. The fourth-order valence-corrected chi connectivity index (χ4v) is 4.57. The van der Waals surface area contributed by atoms with Crippen molar-refractivity contribution in [1.82, 2.24) is 4.90 Å². The monoisotopic (exact) mass is 395 g/mol. The average molecular weight is 396 g/mol. The Kier molecular flexibility index (Phi) is 16.8. The molecule has 1 rings (SSSR count). The van der Waals surface area contributed by atoms with E-state index in [0.717, 1.165) is 32.2 Å². The van der Waals surface area contributed by atoms with Gasteiger partial charge in [-0.1, -0.05) is 96.8 Å². The van der Waals surface area contributed by atoms with Gasteiger partial charge in [0.2, 0.25) is 5.91 Å². The van der Waals surface area contributed by atoms with Crippen LogP contribution in [0.2, 0.25) is 0 Å². The molecular weight excluding hydrogens is 346 g/mol. The third kappa shape index (κ3) is 12.8. The summed E-state index contributed by atoms with van der Waals surface area (Å²) in [6.45, 7) is 3.39. The van der Waals surface area contributed by atoms with E-state index < -0.39 is 0 Å². The van der Waals surface area contributed by atoms with Crippen LogP contribution in [-0.4, -0.2) is 35.1 Å². The summed E-state index contributed by atoms with van der Waals surface area (Å²) >= 11 is 0. The van der Waals surface area contributed by atoms with E-state index in [0.29, 0.717) is 18.4 Å². The normalized spacial score (nSPS) is 17.2. The molecular formula is C25H49NO2. The zero-order valence-corrected chi connectivity index (χ0v) is 18.9. The number of carbonyl (C=O) groups is 1. The first-order valence-electron chi connectivity index (χ1n) is 12.7. The number of nitrogens with zero attached hydrogens (tertiary/aromatic N) is 1. The van der Waals surface area contributed by atoms with E-state index in [1.807, 2.05) is 0 Å². The third-order valence-corrected chi connectivity index (χ3v) is 6.40. The third-order valence-electron chi connectivity index (χ3n) is 6.40. The number of rotatable bonds is 18. The van der Waals surface area contributed by atoms with Gasteiger partial charge in [-0.05, 0) is 32.1 Å². The van der Waals surface area contributed by atoms with Gasteiger partial charge in [-0.2, -0.15) is 0 Å². The first-order chi connectivity index (χ1) is 13.8. The lowest BCUT2D eigenvalue weighted by Gasteiger charge is -2.35. The molecule has 1 unspecified atom stereocenters. The number of hydrogen-bond acceptors (Lipinski definition) is 2. The van der Waals surface area contributed by atoms with Crippen LogP contribution in [0.15, 0.2) is 0 Å². The predicted molar refractivity (Wildman–Crippen MR) is 121 cm³/mol. The van der Waals surface area contributed by atoms with Crippen molar-refractivity contribution in [2.24, 2.45) is 0 Å². The first-order valence-corrected chi connectivity index (χ1v) is 12.7. The molecule has 1 aliphatic rings. The van der Waals surface area contributed by atoms with Gasteiger partial charge < -0.3 is 10.0 Å². The van der Waals surface area contributed by atoms with Crippen molar-refractivity contribution in [1.29, 1.82) is 0 Å². The molecule has 1 saturated heterocycles. The molecule has 0 aromatic heterocycles. The Morgan fingerprint density at radius 2 is 1.29 bits per heavy atom. The summed E-state index contributed by atoms with van der Waals surface area (Å²) in [5.74, 6) is 0.327. The van der Waals surface area contributed by atoms with Gasteiger partial charge >= 0.3 is 0 Å². The minimum atomic E-state index is 0.202. The van der Waals surface area contributed by atoms with Crippen LogP contribution in [0.1, 0.15) is 135 Å². The summed E-state index contributed by atoms with van der Waals surface area (Å²) in [7, 11) is 0. The molecule has 1 aliphatic heterocycles. The number of unbranched alkanes of at least 4 members (excludes halogenated alkanes) is 14. The lowest BCUT2D eigenvalue weighted by molar-refractivity contribution is -0.135. The molecule has 0 saturated carbocycles. The number of aliphatic hydroxyl groups excluding tert-OH is 1. The number of piperidine rings is 1. The Bertz CT molecular complexity index is 356. The molecule has 28 heavy (non-hydrogen) atoms. The fraction of sp³-hybridized carbons (Fsp3) is 0.960. The second-order valence-corrected chi connectivity index (χ2v) is 8.95. The van der Waals surface area contributed by atoms with Crippen molar-refractivity contribution in [3.05, 3.63) is 0 Å². The van der Waals surface area contributed by atoms with Crippen molar-refractivity contribution in [3.63, 3.8) is 0 Å². The molecule has 0 aromatic carbocycles. The van der Waals surface area contributed by atoms with E-state index >= 15 is 0 Å². The molecule has 3 heteroatoms. The lowest BCUT2D eigenvalue weighted by atomic mass is 9.98. The Morgan fingerprint density at radius 1 is 0.786 bits per heavy atom. The maximum atomic E-state index is 12.5. The van der Waals surface area contributed by atoms with Gasteiger partial charge in [-0.25, -0.2) is 0 Å². The van der Waals surface area contributed by atoms with E-state index in [-0.39, 0.29) is 6.61 Å². The summed E-state index contributed by atoms with van der Waals surface area (Å²) in [6, 6.07) is 0.294. The van der Waals surface area contributed by atoms with Gasteiger partial charge in [-0.15, -0.1) is 0 Å². The van der Waals surface area contributed by atoms with Crippen LogP contribution in [0.25, 0.3) is 0 Å². The molecule has 1 atom stereocenters. The van der Waals surface area contributed by atoms with Gasteiger partial charge in [0, 0.05) is 25.6 Å². The molecule has 1 N–H and O–H groups in total. The Hall–Kier alpha value is -0.570. The number of hydrogen-bond donors (Lipinski definition) is 1. The largest absolute Gasteiger partial charge is 0.396 e. The smallest absolute Gasteiger partial charge is 0.222 e. The number of amides is 1. The highest BCUT2D eigenvalue weighted by atomic mass is 16.3. The molecule has 3 nitrogen and oxygen atoms in total. The topological polar surface area (TPSA) is 40.5 Å². The Balaban J connectivity index is 1.86. The van der Waals surface area contributed by atoms with E-state index in [1.54, 1.807) is 0 Å². The van der Waals surface area contributed by atoms with Crippen molar-refractivity contribution < 1.29 is 9.90 Å². The van der Waals surface area contributed by atoms with E-state index in [9.17, 15) is 9.90 Å². The SMILES string of the molecule is CCCCCCCCCCCCCCCCCC(=O)N1CCCCC1CCO. The second kappa shape index (κ2) is 18.5. The van der Waals surface area contributed by atoms with Crippen LogP contribution in [0, 0.1) is 0 Å². The lowest BCUT2D eigenvalue weighted by Crippen LogP contribution is -2.44. The summed E-state index contributed by atoms with van der Waals surface area (Å²) in [5, 5.41) is 9.20. The molecule has 1 heterocycles. The van der Waals surface area contributed by atoms with Crippen LogP contribution in [0.5, 0.6) is 0 Å². The van der Waals surface area contributed by atoms with Gasteiger partial charge in [0.05, 0.1) is 0 Å². The molecule has 166 valence electrons. The maximum Gasteiger partial charge on any atom is 0.222 e. The minimum absolute atomic E-state index is 0.202. The zero-order chi connectivity index (χ0) is 20.3.